The van der Waals surface area contributed by atoms with Crippen molar-refractivity contribution < 1.29 is 27.7 Å². The van der Waals surface area contributed by atoms with Crippen LogP contribution in [-0.2, 0) is 4.74 Å². The Labute approximate surface area is 284 Å². The van der Waals surface area contributed by atoms with Crippen LogP contribution in [0.25, 0.3) is 49.8 Å². The molecule has 0 radical (unpaired) electrons. The molecule has 6 aromatic rings. The predicted molar refractivity (Wildman–Crippen MR) is 188 cm³/mol. The molecule has 7 rings (SSSR count). The number of nitrogens with zero attached hydrogens (tertiary/aromatic N) is 4. The van der Waals surface area contributed by atoms with Crippen molar-refractivity contribution in [1.82, 2.24) is 24.5 Å². The van der Waals surface area contributed by atoms with Crippen LogP contribution in [0.1, 0.15) is 29.6 Å². The molecular formula is C35H38FN7O7. The molecule has 1 aliphatic heterocycles. The molecule has 0 saturated carbocycles. The summed E-state index contributed by atoms with van der Waals surface area (Å²) >= 11 is 0. The van der Waals surface area contributed by atoms with Crippen LogP contribution in [0.2, 0.25) is 0 Å². The second-order valence-electron chi connectivity index (χ2n) is 12.8. The van der Waals surface area contributed by atoms with E-state index in [1.165, 1.54) is 18.3 Å². The first kappa shape index (κ1) is 33.3. The van der Waals surface area contributed by atoms with Gasteiger partial charge in [-0.1, -0.05) is 0 Å². The van der Waals surface area contributed by atoms with Crippen molar-refractivity contribution in [1.29, 1.82) is 0 Å². The van der Waals surface area contributed by atoms with Crippen LogP contribution in [0.3, 0.4) is 0 Å². The lowest BCUT2D eigenvalue weighted by Crippen LogP contribution is -2.37. The molecule has 14 nitrogen and oxygen atoms in total. The van der Waals surface area contributed by atoms with Crippen molar-refractivity contribution >= 4 is 67.1 Å². The molecule has 15 heteroatoms. The molecule has 50 heavy (non-hydrogen) atoms. The normalized spacial score (nSPS) is 14.1. The van der Waals surface area contributed by atoms with Gasteiger partial charge in [0.1, 0.15) is 16.8 Å². The van der Waals surface area contributed by atoms with E-state index in [1.807, 2.05) is 14.1 Å². The molecule has 3 N–H and O–H groups in total. The number of aromatic amines is 1. The van der Waals surface area contributed by atoms with Gasteiger partial charge in [-0.15, -0.1) is 0 Å². The lowest BCUT2D eigenvalue weighted by molar-refractivity contribution is -0.384. The number of carbonyl (C=O) groups excluding carboxylic acids is 1. The number of nitrogens with one attached hydrogen (secondary N) is 3. The minimum absolute atomic E-state index is 0.0139. The minimum atomic E-state index is -0.679. The molecule has 0 unspecified atom stereocenters. The van der Waals surface area contributed by atoms with Crippen molar-refractivity contribution in [3.05, 3.63) is 74.3 Å². The molecule has 0 atom stereocenters. The average Bonchev–Trinajstić information content (AvgIpc) is 3.10. The lowest BCUT2D eigenvalue weighted by atomic mass is 10.1. The topological polar surface area (TPSA) is 164 Å². The number of benzene rings is 3. The van der Waals surface area contributed by atoms with Crippen LogP contribution < -0.4 is 16.1 Å². The van der Waals surface area contributed by atoms with Crippen LogP contribution in [0.4, 0.5) is 15.8 Å². The highest BCUT2D eigenvalue weighted by atomic mass is 19.1. The van der Waals surface area contributed by atoms with Gasteiger partial charge in [-0.3, -0.25) is 24.6 Å². The Bertz CT molecular complexity index is 2330. The number of hydrogen-bond donors (Lipinski definition) is 3. The molecule has 1 fully saturated rings. The second-order valence-corrected chi connectivity index (χ2v) is 12.8. The standard InChI is InChI=1S/C35H38FN7O7/c1-40(2)10-4-3-8-38-35(45)23-20-42-27-19-29-26(39-25-7-6-21(43(46)47)16-28(25)49-29)18-30(27)50-34-31(24(36)17-22(32(34)42)33(23)44)37-9-5-11-41-12-14-48-15-13-41/h6-7,16-20,37,39H,3-5,8-15H2,1-2H3,(H,38,45). The number of halogens is 1. The summed E-state index contributed by atoms with van der Waals surface area (Å²) < 4.78 is 35.6. The van der Waals surface area contributed by atoms with E-state index in [1.54, 1.807) is 22.6 Å². The van der Waals surface area contributed by atoms with E-state index in [0.29, 0.717) is 59.5 Å². The number of carbonyl (C=O) groups is 1. The smallest absolute Gasteiger partial charge is 0.273 e. The number of aromatic nitrogens is 2. The number of morpholine rings is 1. The first-order valence-corrected chi connectivity index (χ1v) is 16.7. The van der Waals surface area contributed by atoms with E-state index < -0.39 is 22.1 Å². The summed E-state index contributed by atoms with van der Waals surface area (Å²) in [6.07, 6.45) is 3.77. The quantitative estimate of drug-likeness (QED) is 0.0510. The maximum Gasteiger partial charge on any atom is 0.273 e. The van der Waals surface area contributed by atoms with Crippen molar-refractivity contribution in [3.63, 3.8) is 0 Å². The molecule has 1 aliphatic rings. The number of anilines is 1. The number of rotatable bonds is 12. The Morgan fingerprint density at radius 2 is 1.82 bits per heavy atom. The van der Waals surface area contributed by atoms with Crippen molar-refractivity contribution in [2.24, 2.45) is 0 Å². The van der Waals surface area contributed by atoms with Crippen LogP contribution in [0.5, 0.6) is 0 Å². The third-order valence-electron chi connectivity index (χ3n) is 9.01. The fourth-order valence-corrected chi connectivity index (χ4v) is 6.42. The van der Waals surface area contributed by atoms with Crippen LogP contribution in [-0.4, -0.2) is 96.6 Å². The molecule has 3 aromatic heterocycles. The second kappa shape index (κ2) is 13.9. The Hall–Kier alpha value is -5.25. The van der Waals surface area contributed by atoms with Crippen molar-refractivity contribution in [2.45, 2.75) is 19.3 Å². The zero-order valence-corrected chi connectivity index (χ0v) is 27.8. The molecule has 0 spiro atoms. The van der Waals surface area contributed by atoms with E-state index in [-0.39, 0.29) is 33.5 Å². The summed E-state index contributed by atoms with van der Waals surface area (Å²) in [6.45, 7) is 5.56. The maximum atomic E-state index is 16.0. The molecule has 0 aliphatic carbocycles. The molecule has 0 bridgehead atoms. The summed E-state index contributed by atoms with van der Waals surface area (Å²) in [5.74, 6) is -1.25. The first-order chi connectivity index (χ1) is 24.2. The van der Waals surface area contributed by atoms with Gasteiger partial charge in [0.2, 0.25) is 5.43 Å². The largest absolute Gasteiger partial charge is 0.453 e. The van der Waals surface area contributed by atoms with Gasteiger partial charge in [0.25, 0.3) is 11.6 Å². The number of amides is 1. The number of fused-ring (bicyclic) bond motifs is 4. The van der Waals surface area contributed by atoms with Gasteiger partial charge in [-0.05, 0) is 58.6 Å². The molecular weight excluding hydrogens is 649 g/mol. The molecule has 1 saturated heterocycles. The van der Waals surface area contributed by atoms with E-state index in [4.69, 9.17) is 13.6 Å². The predicted octanol–water partition coefficient (Wildman–Crippen LogP) is 5.24. The number of unbranched alkanes of at least 4 members (excludes halogenated alkanes) is 1. The number of non-ortho nitro benzene ring substituents is 1. The lowest BCUT2D eigenvalue weighted by Gasteiger charge is -2.26. The third kappa shape index (κ3) is 6.54. The zero-order chi connectivity index (χ0) is 34.9. The van der Waals surface area contributed by atoms with Crippen molar-refractivity contribution in [3.8, 4) is 0 Å². The Morgan fingerprint density at radius 1 is 1.02 bits per heavy atom. The minimum Gasteiger partial charge on any atom is -0.453 e. The summed E-state index contributed by atoms with van der Waals surface area (Å²) in [7, 11) is 3.95. The summed E-state index contributed by atoms with van der Waals surface area (Å²) in [6, 6.07) is 8.74. The monoisotopic (exact) mass is 687 g/mol. The highest BCUT2D eigenvalue weighted by Crippen LogP contribution is 2.35. The van der Waals surface area contributed by atoms with Gasteiger partial charge >= 0.3 is 0 Å². The Balaban J connectivity index is 1.35. The number of nitro groups is 1. The molecule has 262 valence electrons. The SMILES string of the molecule is CN(C)CCCCNC(=O)c1cn2c3cc4oc5cc([N+](=O)[O-])ccc5[nH]c4cc3oc3c(NCCCN4CCOCC4)c(F)cc(c1=O)c32. The number of hydrogen-bond acceptors (Lipinski definition) is 10. The van der Waals surface area contributed by atoms with E-state index in [2.05, 4.69) is 25.4 Å². The van der Waals surface area contributed by atoms with Crippen LogP contribution in [0, 0.1) is 15.9 Å². The van der Waals surface area contributed by atoms with Crippen LogP contribution in [0.15, 0.2) is 56.2 Å². The van der Waals surface area contributed by atoms with Gasteiger partial charge in [-0.25, -0.2) is 4.39 Å². The third-order valence-corrected chi connectivity index (χ3v) is 9.01. The molecule has 4 heterocycles. The first-order valence-electron chi connectivity index (χ1n) is 16.7. The van der Waals surface area contributed by atoms with Gasteiger partial charge in [0.15, 0.2) is 28.1 Å². The van der Waals surface area contributed by atoms with Gasteiger partial charge < -0.3 is 38.5 Å². The number of pyridine rings is 1. The Kier molecular flexibility index (Phi) is 9.27. The highest BCUT2D eigenvalue weighted by Gasteiger charge is 2.24. The van der Waals surface area contributed by atoms with E-state index in [9.17, 15) is 19.7 Å². The zero-order valence-electron chi connectivity index (χ0n) is 27.8. The number of H-pyrrole nitrogens is 1. The molecule has 3 aromatic carbocycles. The average molecular weight is 688 g/mol. The fourth-order valence-electron chi connectivity index (χ4n) is 6.42. The maximum absolute atomic E-state index is 16.0. The summed E-state index contributed by atoms with van der Waals surface area (Å²) in [5.41, 5.74) is 2.01. The highest BCUT2D eigenvalue weighted by molar-refractivity contribution is 6.06. The van der Waals surface area contributed by atoms with Gasteiger partial charge in [0.05, 0.1) is 46.1 Å². The van der Waals surface area contributed by atoms with Crippen molar-refractivity contribution in [2.75, 3.05) is 71.9 Å². The fraction of sp³-hybridized carbons (Fsp3) is 0.371. The summed E-state index contributed by atoms with van der Waals surface area (Å²) in [4.78, 5) is 45.7. The van der Waals surface area contributed by atoms with Crippen LogP contribution >= 0.6 is 0 Å². The summed E-state index contributed by atoms with van der Waals surface area (Å²) in [5, 5.41) is 17.4. The van der Waals surface area contributed by atoms with Gasteiger partial charge in [0, 0.05) is 50.6 Å². The number of nitro benzene ring substituents is 1. The van der Waals surface area contributed by atoms with E-state index in [0.717, 1.165) is 51.5 Å². The Morgan fingerprint density at radius 3 is 2.60 bits per heavy atom. The van der Waals surface area contributed by atoms with E-state index >= 15 is 4.39 Å². The van der Waals surface area contributed by atoms with Gasteiger partial charge in [-0.2, -0.15) is 0 Å². The molecule has 1 amide bonds. The number of ether oxygens (including phenoxy) is 1.